The van der Waals surface area contributed by atoms with Gasteiger partial charge < -0.3 is 20.1 Å². The van der Waals surface area contributed by atoms with Crippen LogP contribution in [-0.4, -0.2) is 25.2 Å². The molecule has 144 valence electrons. The van der Waals surface area contributed by atoms with E-state index < -0.39 is 12.1 Å². The zero-order valence-corrected chi connectivity index (χ0v) is 16.2. The van der Waals surface area contributed by atoms with Crippen molar-refractivity contribution in [3.05, 3.63) is 59.1 Å². The van der Waals surface area contributed by atoms with E-state index in [1.165, 1.54) is 7.11 Å². The Morgan fingerprint density at radius 3 is 2.41 bits per heavy atom. The normalized spacial score (nSPS) is 11.6. The van der Waals surface area contributed by atoms with E-state index in [1.807, 2.05) is 44.2 Å². The van der Waals surface area contributed by atoms with E-state index in [4.69, 9.17) is 21.1 Å². The topological polar surface area (TPSA) is 76.7 Å². The van der Waals surface area contributed by atoms with Crippen molar-refractivity contribution >= 4 is 29.3 Å². The summed E-state index contributed by atoms with van der Waals surface area (Å²) in [7, 11) is 1.51. The van der Waals surface area contributed by atoms with Gasteiger partial charge in [0.1, 0.15) is 18.4 Å². The maximum absolute atomic E-state index is 12.6. The fourth-order valence-corrected chi connectivity index (χ4v) is 2.65. The Kier molecular flexibility index (Phi) is 7.49. The number of hydrogen-bond donors (Lipinski definition) is 2. The van der Waals surface area contributed by atoms with Gasteiger partial charge in [0.15, 0.2) is 0 Å². The SMILES string of the molecule is COc1ccc(NC(=O)C(NC(=O)OCc2ccccc2)C(C)C)cc1Cl. The molecule has 2 amide bonds. The Labute approximate surface area is 163 Å². The van der Waals surface area contributed by atoms with Crippen molar-refractivity contribution in [3.63, 3.8) is 0 Å². The summed E-state index contributed by atoms with van der Waals surface area (Å²) in [6, 6.07) is 13.5. The van der Waals surface area contributed by atoms with Crippen LogP contribution in [0.2, 0.25) is 5.02 Å². The predicted molar refractivity (Wildman–Crippen MR) is 105 cm³/mol. The second-order valence-corrected chi connectivity index (χ2v) is 6.67. The molecule has 7 heteroatoms. The summed E-state index contributed by atoms with van der Waals surface area (Å²) in [5.74, 6) is 0.0172. The van der Waals surface area contributed by atoms with Gasteiger partial charge in [0.05, 0.1) is 12.1 Å². The molecular formula is C20H23ClN2O4. The summed E-state index contributed by atoms with van der Waals surface area (Å²) in [6.07, 6.45) is -0.652. The van der Waals surface area contributed by atoms with Crippen molar-refractivity contribution in [3.8, 4) is 5.75 Å². The molecule has 2 N–H and O–H groups in total. The molecule has 0 aliphatic rings. The molecule has 0 saturated carbocycles. The molecule has 2 aromatic carbocycles. The number of benzene rings is 2. The van der Waals surface area contributed by atoms with Gasteiger partial charge >= 0.3 is 6.09 Å². The molecule has 1 unspecified atom stereocenters. The van der Waals surface area contributed by atoms with Crippen LogP contribution in [0.5, 0.6) is 5.75 Å². The minimum Gasteiger partial charge on any atom is -0.495 e. The van der Waals surface area contributed by atoms with E-state index in [1.54, 1.807) is 18.2 Å². The summed E-state index contributed by atoms with van der Waals surface area (Å²) < 4.78 is 10.3. The van der Waals surface area contributed by atoms with Crippen molar-refractivity contribution in [1.29, 1.82) is 0 Å². The fourth-order valence-electron chi connectivity index (χ4n) is 2.39. The molecule has 6 nitrogen and oxygen atoms in total. The monoisotopic (exact) mass is 390 g/mol. The third-order valence-electron chi connectivity index (χ3n) is 3.85. The third-order valence-corrected chi connectivity index (χ3v) is 4.15. The summed E-state index contributed by atoms with van der Waals surface area (Å²) >= 11 is 6.07. The van der Waals surface area contributed by atoms with Crippen LogP contribution in [0.15, 0.2) is 48.5 Å². The zero-order chi connectivity index (χ0) is 19.8. The second-order valence-electron chi connectivity index (χ2n) is 6.27. The van der Waals surface area contributed by atoms with Crippen molar-refractivity contribution < 1.29 is 19.1 Å². The number of alkyl carbamates (subject to hydrolysis) is 1. The minimum absolute atomic E-state index is 0.132. The first kappa shape index (κ1) is 20.6. The molecule has 2 aromatic rings. The van der Waals surface area contributed by atoms with E-state index >= 15 is 0 Å². The highest BCUT2D eigenvalue weighted by molar-refractivity contribution is 6.32. The Morgan fingerprint density at radius 2 is 1.81 bits per heavy atom. The lowest BCUT2D eigenvalue weighted by molar-refractivity contribution is -0.119. The summed E-state index contributed by atoms with van der Waals surface area (Å²) in [6.45, 7) is 3.80. The Morgan fingerprint density at radius 1 is 1.11 bits per heavy atom. The molecule has 0 aliphatic heterocycles. The van der Waals surface area contributed by atoms with Crippen LogP contribution in [-0.2, 0) is 16.1 Å². The maximum Gasteiger partial charge on any atom is 0.408 e. The van der Waals surface area contributed by atoms with Gasteiger partial charge in [-0.2, -0.15) is 0 Å². The summed E-state index contributed by atoms with van der Waals surface area (Å²) in [5, 5.41) is 5.74. The lowest BCUT2D eigenvalue weighted by Crippen LogP contribution is -2.47. The highest BCUT2D eigenvalue weighted by Crippen LogP contribution is 2.27. The van der Waals surface area contributed by atoms with Gasteiger partial charge in [0.2, 0.25) is 5.91 Å². The molecule has 2 rings (SSSR count). The number of rotatable bonds is 7. The first-order valence-electron chi connectivity index (χ1n) is 8.52. The van der Waals surface area contributed by atoms with E-state index in [0.29, 0.717) is 16.5 Å². The predicted octanol–water partition coefficient (Wildman–Crippen LogP) is 4.24. The van der Waals surface area contributed by atoms with Gasteiger partial charge in [-0.15, -0.1) is 0 Å². The van der Waals surface area contributed by atoms with E-state index in [0.717, 1.165) is 5.56 Å². The van der Waals surface area contributed by atoms with Gasteiger partial charge in [0, 0.05) is 5.69 Å². The number of carbonyl (C=O) groups is 2. The molecule has 0 heterocycles. The van der Waals surface area contributed by atoms with Crippen LogP contribution >= 0.6 is 11.6 Å². The third kappa shape index (κ3) is 6.18. The number of methoxy groups -OCH3 is 1. The lowest BCUT2D eigenvalue weighted by atomic mass is 10.0. The Hall–Kier alpha value is -2.73. The highest BCUT2D eigenvalue weighted by Gasteiger charge is 2.25. The van der Waals surface area contributed by atoms with Gasteiger partial charge in [0.25, 0.3) is 0 Å². The number of amides is 2. The largest absolute Gasteiger partial charge is 0.495 e. The number of ether oxygens (including phenoxy) is 2. The molecule has 0 radical (unpaired) electrons. The van der Waals surface area contributed by atoms with E-state index in [9.17, 15) is 9.59 Å². The molecule has 27 heavy (non-hydrogen) atoms. The molecule has 0 fully saturated rings. The van der Waals surface area contributed by atoms with Crippen LogP contribution < -0.4 is 15.4 Å². The van der Waals surface area contributed by atoms with Gasteiger partial charge in [-0.3, -0.25) is 4.79 Å². The molecule has 0 saturated heterocycles. The summed E-state index contributed by atoms with van der Waals surface area (Å²) in [4.78, 5) is 24.6. The van der Waals surface area contributed by atoms with Gasteiger partial charge in [-0.05, 0) is 29.7 Å². The quantitative estimate of drug-likeness (QED) is 0.741. The van der Waals surface area contributed by atoms with Crippen LogP contribution in [0.1, 0.15) is 19.4 Å². The summed E-state index contributed by atoms with van der Waals surface area (Å²) in [5.41, 5.74) is 1.38. The van der Waals surface area contributed by atoms with Crippen LogP contribution in [0.3, 0.4) is 0 Å². The molecule has 0 bridgehead atoms. The van der Waals surface area contributed by atoms with E-state index in [2.05, 4.69) is 10.6 Å². The molecule has 0 aromatic heterocycles. The van der Waals surface area contributed by atoms with Gasteiger partial charge in [-0.1, -0.05) is 55.8 Å². The number of nitrogens with one attached hydrogen (secondary N) is 2. The Balaban J connectivity index is 1.96. The van der Waals surface area contributed by atoms with Crippen LogP contribution in [0.4, 0.5) is 10.5 Å². The second kappa shape index (κ2) is 9.83. The number of carbonyl (C=O) groups excluding carboxylic acids is 2. The molecule has 1 atom stereocenters. The van der Waals surface area contributed by atoms with Crippen LogP contribution in [0, 0.1) is 5.92 Å². The maximum atomic E-state index is 12.6. The van der Waals surface area contributed by atoms with Crippen LogP contribution in [0.25, 0.3) is 0 Å². The van der Waals surface area contributed by atoms with Crippen molar-refractivity contribution in [2.24, 2.45) is 5.92 Å². The van der Waals surface area contributed by atoms with Crippen molar-refractivity contribution in [2.45, 2.75) is 26.5 Å². The number of halogens is 1. The first-order valence-corrected chi connectivity index (χ1v) is 8.90. The number of anilines is 1. The average molecular weight is 391 g/mol. The molecule has 0 spiro atoms. The molecular weight excluding hydrogens is 368 g/mol. The standard InChI is InChI=1S/C20H23ClN2O4/c1-13(2)18(23-20(25)27-12-14-7-5-4-6-8-14)19(24)22-15-9-10-17(26-3)16(21)11-15/h4-11,13,18H,12H2,1-3H3,(H,22,24)(H,23,25). The zero-order valence-electron chi connectivity index (χ0n) is 15.5. The van der Waals surface area contributed by atoms with Crippen molar-refractivity contribution in [1.82, 2.24) is 5.32 Å². The fraction of sp³-hybridized carbons (Fsp3) is 0.300. The minimum atomic E-state index is -0.755. The van der Waals surface area contributed by atoms with Gasteiger partial charge in [-0.25, -0.2) is 4.79 Å². The first-order chi connectivity index (χ1) is 12.9. The lowest BCUT2D eigenvalue weighted by Gasteiger charge is -2.21. The highest BCUT2D eigenvalue weighted by atomic mass is 35.5. The molecule has 0 aliphatic carbocycles. The van der Waals surface area contributed by atoms with E-state index in [-0.39, 0.29) is 18.4 Å². The Bertz CT molecular complexity index is 781. The smallest absolute Gasteiger partial charge is 0.408 e. The van der Waals surface area contributed by atoms with Crippen molar-refractivity contribution in [2.75, 3.05) is 12.4 Å². The number of hydrogen-bond acceptors (Lipinski definition) is 4. The average Bonchev–Trinajstić information content (AvgIpc) is 2.65.